The van der Waals surface area contributed by atoms with Crippen LogP contribution in [0.5, 0.6) is 0 Å². The van der Waals surface area contributed by atoms with E-state index < -0.39 is 10.0 Å². The molecule has 2 aliphatic rings. The first-order valence-corrected chi connectivity index (χ1v) is 9.30. The van der Waals surface area contributed by atoms with E-state index in [0.717, 1.165) is 37.8 Å². The molecule has 0 spiro atoms. The zero-order chi connectivity index (χ0) is 14.9. The van der Waals surface area contributed by atoms with Gasteiger partial charge in [-0.05, 0) is 62.8 Å². The van der Waals surface area contributed by atoms with Crippen molar-refractivity contribution in [2.45, 2.75) is 43.5 Å². The number of hydrogen-bond donors (Lipinski definition) is 1. The topological polar surface area (TPSA) is 49.4 Å². The molecule has 0 amide bonds. The van der Waals surface area contributed by atoms with Gasteiger partial charge in [0.1, 0.15) is 0 Å². The van der Waals surface area contributed by atoms with Gasteiger partial charge in [0.25, 0.3) is 0 Å². The van der Waals surface area contributed by atoms with Crippen LogP contribution in [0, 0.1) is 12.8 Å². The Hall–Kier alpha value is -0.910. The first-order valence-electron chi connectivity index (χ1n) is 7.86. The average Bonchev–Trinajstić information content (AvgIpc) is 3.12. The molecule has 5 heteroatoms. The largest absolute Gasteiger partial charge is 0.313 e. The second-order valence-electron chi connectivity index (χ2n) is 6.38. The third kappa shape index (κ3) is 3.65. The number of nitrogens with zero attached hydrogens (tertiary/aromatic N) is 1. The third-order valence-electron chi connectivity index (χ3n) is 4.37. The van der Waals surface area contributed by atoms with Crippen LogP contribution in [0.1, 0.15) is 31.2 Å². The number of nitrogens with one attached hydrogen (secondary N) is 1. The summed E-state index contributed by atoms with van der Waals surface area (Å²) < 4.78 is 27.6. The summed E-state index contributed by atoms with van der Waals surface area (Å²) in [4.78, 5) is 0.432. The van der Waals surface area contributed by atoms with Crippen molar-refractivity contribution in [3.8, 4) is 0 Å². The maximum Gasteiger partial charge on any atom is 0.243 e. The SMILES string of the molecule is Cc1cccc(S(=O)(=O)N(CC2CC2)CC2CCCN2)c1. The molecule has 1 heterocycles. The van der Waals surface area contributed by atoms with Gasteiger partial charge in [-0.2, -0.15) is 4.31 Å². The Morgan fingerprint density at radius 3 is 2.67 bits per heavy atom. The highest BCUT2D eigenvalue weighted by atomic mass is 32.2. The van der Waals surface area contributed by atoms with Crippen LogP contribution in [0.15, 0.2) is 29.2 Å². The van der Waals surface area contributed by atoms with Gasteiger partial charge >= 0.3 is 0 Å². The fraction of sp³-hybridized carbons (Fsp3) is 0.625. The quantitative estimate of drug-likeness (QED) is 0.876. The molecule has 116 valence electrons. The monoisotopic (exact) mass is 308 g/mol. The van der Waals surface area contributed by atoms with Gasteiger partial charge in [0, 0.05) is 19.1 Å². The van der Waals surface area contributed by atoms with Crippen molar-refractivity contribution in [3.63, 3.8) is 0 Å². The summed E-state index contributed by atoms with van der Waals surface area (Å²) in [5.41, 5.74) is 0.987. The van der Waals surface area contributed by atoms with E-state index in [4.69, 9.17) is 0 Å². The zero-order valence-corrected chi connectivity index (χ0v) is 13.4. The minimum absolute atomic E-state index is 0.309. The summed E-state index contributed by atoms with van der Waals surface area (Å²) in [6, 6.07) is 7.55. The Kier molecular flexibility index (Phi) is 4.33. The Balaban J connectivity index is 1.82. The summed E-state index contributed by atoms with van der Waals surface area (Å²) >= 11 is 0. The molecule has 21 heavy (non-hydrogen) atoms. The molecule has 0 bridgehead atoms. The summed E-state index contributed by atoms with van der Waals surface area (Å²) in [5, 5.41) is 3.41. The number of hydrogen-bond acceptors (Lipinski definition) is 3. The van der Waals surface area contributed by atoms with E-state index >= 15 is 0 Å². The Morgan fingerprint density at radius 1 is 1.24 bits per heavy atom. The van der Waals surface area contributed by atoms with Crippen molar-refractivity contribution in [1.82, 2.24) is 9.62 Å². The molecule has 1 N–H and O–H groups in total. The highest BCUT2D eigenvalue weighted by Gasteiger charge is 2.33. The van der Waals surface area contributed by atoms with Gasteiger partial charge in [0.2, 0.25) is 10.0 Å². The summed E-state index contributed by atoms with van der Waals surface area (Å²) in [7, 11) is -3.37. The predicted octanol–water partition coefficient (Wildman–Crippen LogP) is 2.15. The molecule has 1 aromatic rings. The van der Waals surface area contributed by atoms with E-state index in [2.05, 4.69) is 5.32 Å². The number of benzene rings is 1. The molecule has 4 nitrogen and oxygen atoms in total. The molecule has 1 aromatic carbocycles. The second-order valence-corrected chi connectivity index (χ2v) is 8.31. The van der Waals surface area contributed by atoms with Crippen LogP contribution >= 0.6 is 0 Å². The van der Waals surface area contributed by atoms with E-state index in [1.54, 1.807) is 16.4 Å². The van der Waals surface area contributed by atoms with E-state index in [1.165, 1.54) is 0 Å². The Labute approximate surface area is 127 Å². The molecule has 1 unspecified atom stereocenters. The van der Waals surface area contributed by atoms with Crippen LogP contribution in [-0.4, -0.2) is 38.4 Å². The molecule has 3 rings (SSSR count). The fourth-order valence-electron chi connectivity index (χ4n) is 2.94. The van der Waals surface area contributed by atoms with Crippen LogP contribution in [0.25, 0.3) is 0 Å². The lowest BCUT2D eigenvalue weighted by atomic mass is 10.2. The molecule has 0 radical (unpaired) electrons. The maximum atomic E-state index is 12.9. The lowest BCUT2D eigenvalue weighted by Gasteiger charge is -2.25. The zero-order valence-electron chi connectivity index (χ0n) is 12.6. The summed E-state index contributed by atoms with van der Waals surface area (Å²) in [5.74, 6) is 0.561. The Morgan fingerprint density at radius 2 is 2.05 bits per heavy atom. The van der Waals surface area contributed by atoms with E-state index in [-0.39, 0.29) is 0 Å². The van der Waals surface area contributed by atoms with Gasteiger partial charge in [0.05, 0.1) is 4.90 Å². The standard InChI is InChI=1S/C16H24N2O2S/c1-13-4-2-6-16(10-13)21(19,20)18(11-14-7-8-14)12-15-5-3-9-17-15/h2,4,6,10,14-15,17H,3,5,7-9,11-12H2,1H3. The van der Waals surface area contributed by atoms with E-state index in [0.29, 0.717) is 29.9 Å². The van der Waals surface area contributed by atoms with Crippen LogP contribution in [0.2, 0.25) is 0 Å². The predicted molar refractivity (Wildman–Crippen MR) is 83.7 cm³/mol. The number of sulfonamides is 1. The first-order chi connectivity index (χ1) is 10.1. The third-order valence-corrected chi connectivity index (χ3v) is 6.20. The van der Waals surface area contributed by atoms with Gasteiger partial charge in [-0.15, -0.1) is 0 Å². The molecule has 2 fully saturated rings. The lowest BCUT2D eigenvalue weighted by Crippen LogP contribution is -2.42. The van der Waals surface area contributed by atoms with Crippen LogP contribution in [0.3, 0.4) is 0 Å². The molecule has 1 aliphatic carbocycles. The van der Waals surface area contributed by atoms with Crippen molar-refractivity contribution >= 4 is 10.0 Å². The van der Waals surface area contributed by atoms with Crippen molar-refractivity contribution in [3.05, 3.63) is 29.8 Å². The molecular formula is C16H24N2O2S. The van der Waals surface area contributed by atoms with Crippen LogP contribution in [-0.2, 0) is 10.0 Å². The smallest absolute Gasteiger partial charge is 0.243 e. The number of aryl methyl sites for hydroxylation is 1. The van der Waals surface area contributed by atoms with Crippen molar-refractivity contribution in [1.29, 1.82) is 0 Å². The minimum atomic E-state index is -3.37. The molecule has 1 saturated carbocycles. The lowest BCUT2D eigenvalue weighted by molar-refractivity contribution is 0.358. The van der Waals surface area contributed by atoms with Gasteiger partial charge in [-0.25, -0.2) is 8.42 Å². The van der Waals surface area contributed by atoms with Crippen LogP contribution in [0.4, 0.5) is 0 Å². The maximum absolute atomic E-state index is 12.9. The van der Waals surface area contributed by atoms with Gasteiger partial charge in [0.15, 0.2) is 0 Å². The van der Waals surface area contributed by atoms with Crippen molar-refractivity contribution < 1.29 is 8.42 Å². The van der Waals surface area contributed by atoms with E-state index in [1.807, 2.05) is 19.1 Å². The summed E-state index contributed by atoms with van der Waals surface area (Å²) in [6.07, 6.45) is 4.55. The highest BCUT2D eigenvalue weighted by Crippen LogP contribution is 2.32. The highest BCUT2D eigenvalue weighted by molar-refractivity contribution is 7.89. The van der Waals surface area contributed by atoms with Crippen LogP contribution < -0.4 is 5.32 Å². The normalized spacial score (nSPS) is 22.9. The molecule has 1 aliphatic heterocycles. The van der Waals surface area contributed by atoms with Gasteiger partial charge < -0.3 is 5.32 Å². The van der Waals surface area contributed by atoms with Gasteiger partial charge in [-0.3, -0.25) is 0 Å². The molecular weight excluding hydrogens is 284 g/mol. The first kappa shape index (κ1) is 15.0. The summed E-state index contributed by atoms with van der Waals surface area (Å²) in [6.45, 7) is 4.22. The molecule has 0 aromatic heterocycles. The fourth-order valence-corrected chi connectivity index (χ4v) is 4.61. The average molecular weight is 308 g/mol. The van der Waals surface area contributed by atoms with E-state index in [9.17, 15) is 8.42 Å². The molecule has 1 atom stereocenters. The number of rotatable bonds is 6. The minimum Gasteiger partial charge on any atom is -0.313 e. The van der Waals surface area contributed by atoms with Crippen molar-refractivity contribution in [2.24, 2.45) is 5.92 Å². The Bertz CT molecular complexity index is 590. The second kappa shape index (κ2) is 6.07. The molecule has 1 saturated heterocycles. The van der Waals surface area contributed by atoms with Gasteiger partial charge in [-0.1, -0.05) is 12.1 Å². The van der Waals surface area contributed by atoms with Crippen molar-refractivity contribution in [2.75, 3.05) is 19.6 Å².